The lowest BCUT2D eigenvalue weighted by atomic mass is 10.1. The van der Waals surface area contributed by atoms with Crippen LogP contribution in [0.5, 0.6) is 0 Å². The van der Waals surface area contributed by atoms with Crippen LogP contribution in [0.25, 0.3) is 0 Å². The van der Waals surface area contributed by atoms with Crippen molar-refractivity contribution in [2.45, 2.75) is 12.8 Å². The van der Waals surface area contributed by atoms with Crippen LogP contribution in [0.2, 0.25) is 5.02 Å². The van der Waals surface area contributed by atoms with E-state index in [0.29, 0.717) is 12.8 Å². The molecule has 0 bridgehead atoms. The van der Waals surface area contributed by atoms with E-state index >= 15 is 0 Å². The number of benzene rings is 2. The molecule has 0 aromatic heterocycles. The maximum Gasteiger partial charge on any atom is 0.255 e. The van der Waals surface area contributed by atoms with Gasteiger partial charge in [-0.2, -0.15) is 0 Å². The monoisotopic (exact) mass is 400 g/mol. The van der Waals surface area contributed by atoms with Crippen LogP contribution in [0.1, 0.15) is 23.2 Å². The summed E-state index contributed by atoms with van der Waals surface area (Å²) in [7, 11) is -3.52. The molecule has 5 nitrogen and oxygen atoms in total. The Bertz CT molecular complexity index is 946. The number of nitrogens with one attached hydrogen (secondary N) is 1. The summed E-state index contributed by atoms with van der Waals surface area (Å²) in [5.74, 6) is -2.60. The summed E-state index contributed by atoms with van der Waals surface area (Å²) in [6.45, 7) is 0.259. The first-order valence-electron chi connectivity index (χ1n) is 7.85. The average Bonchev–Trinajstić information content (AvgIpc) is 2.58. The van der Waals surface area contributed by atoms with E-state index < -0.39 is 33.3 Å². The molecule has 1 heterocycles. The fourth-order valence-corrected chi connectivity index (χ4v) is 4.62. The molecular weight excluding hydrogens is 386 g/mol. The van der Waals surface area contributed by atoms with Gasteiger partial charge in [0.15, 0.2) is 0 Å². The second-order valence-electron chi connectivity index (χ2n) is 5.81. The van der Waals surface area contributed by atoms with E-state index in [4.69, 9.17) is 11.6 Å². The van der Waals surface area contributed by atoms with Crippen molar-refractivity contribution in [3.05, 3.63) is 58.6 Å². The van der Waals surface area contributed by atoms with Crippen LogP contribution < -0.4 is 9.62 Å². The molecule has 0 unspecified atom stereocenters. The van der Waals surface area contributed by atoms with E-state index in [0.717, 1.165) is 12.1 Å². The van der Waals surface area contributed by atoms with E-state index in [9.17, 15) is 22.0 Å². The number of sulfonamides is 1. The van der Waals surface area contributed by atoms with Crippen LogP contribution in [0, 0.1) is 11.6 Å². The van der Waals surface area contributed by atoms with Crippen molar-refractivity contribution < 1.29 is 22.0 Å². The Morgan fingerprint density at radius 2 is 1.81 bits per heavy atom. The highest BCUT2D eigenvalue weighted by Gasteiger charge is 2.28. The Labute approximate surface area is 154 Å². The van der Waals surface area contributed by atoms with Crippen LogP contribution in [0.3, 0.4) is 0 Å². The molecule has 0 radical (unpaired) electrons. The average molecular weight is 401 g/mol. The van der Waals surface area contributed by atoms with Gasteiger partial charge in [0.05, 0.1) is 16.5 Å². The Morgan fingerprint density at radius 3 is 2.46 bits per heavy atom. The summed E-state index contributed by atoms with van der Waals surface area (Å²) in [6, 6.07) is 7.27. The third-order valence-electron chi connectivity index (χ3n) is 4.03. The Morgan fingerprint density at radius 1 is 1.12 bits per heavy atom. The molecule has 2 aromatic carbocycles. The third kappa shape index (κ3) is 3.66. The highest BCUT2D eigenvalue weighted by molar-refractivity contribution is 7.92. The van der Waals surface area contributed by atoms with Gasteiger partial charge in [0.2, 0.25) is 10.0 Å². The van der Waals surface area contributed by atoms with Gasteiger partial charge < -0.3 is 5.32 Å². The maximum absolute atomic E-state index is 13.7. The third-order valence-corrected chi connectivity index (χ3v) is 6.20. The number of amides is 1. The van der Waals surface area contributed by atoms with E-state index in [1.807, 2.05) is 0 Å². The number of anilines is 2. The number of carbonyl (C=O) groups excluding carboxylic acids is 1. The standard InChI is InChI=1S/C17H15ClF2N2O3S/c18-12-7-6-11(10-15(12)22-8-1-2-9-26(22,24)25)17(23)21-16-13(19)4-3-5-14(16)20/h3-7,10H,1-2,8-9H2,(H,21,23). The molecule has 0 spiro atoms. The van der Waals surface area contributed by atoms with Crippen molar-refractivity contribution in [2.75, 3.05) is 21.9 Å². The summed E-state index contributed by atoms with van der Waals surface area (Å²) in [6.07, 6.45) is 1.23. The van der Waals surface area contributed by atoms with Crippen LogP contribution in [0.4, 0.5) is 20.2 Å². The van der Waals surface area contributed by atoms with Gasteiger partial charge in [-0.1, -0.05) is 17.7 Å². The van der Waals surface area contributed by atoms with Crippen molar-refractivity contribution in [3.63, 3.8) is 0 Å². The molecule has 9 heteroatoms. The molecule has 3 rings (SSSR count). The molecule has 1 aliphatic heterocycles. The first-order valence-corrected chi connectivity index (χ1v) is 9.83. The molecule has 2 aromatic rings. The summed E-state index contributed by atoms with van der Waals surface area (Å²) >= 11 is 6.11. The lowest BCUT2D eigenvalue weighted by molar-refractivity contribution is 0.102. The van der Waals surface area contributed by atoms with Gasteiger partial charge in [-0.15, -0.1) is 0 Å². The van der Waals surface area contributed by atoms with Gasteiger partial charge in [-0.3, -0.25) is 9.10 Å². The van der Waals surface area contributed by atoms with Crippen LogP contribution in [0.15, 0.2) is 36.4 Å². The summed E-state index contributed by atoms with van der Waals surface area (Å²) in [5, 5.41) is 2.34. The van der Waals surface area contributed by atoms with Crippen molar-refractivity contribution >= 4 is 38.9 Å². The highest BCUT2D eigenvalue weighted by atomic mass is 35.5. The van der Waals surface area contributed by atoms with Crippen molar-refractivity contribution in [3.8, 4) is 0 Å². The molecule has 1 N–H and O–H groups in total. The van der Waals surface area contributed by atoms with E-state index in [1.165, 1.54) is 28.6 Å². The molecule has 0 atom stereocenters. The topological polar surface area (TPSA) is 66.5 Å². The van der Waals surface area contributed by atoms with Gasteiger partial charge >= 0.3 is 0 Å². The van der Waals surface area contributed by atoms with Crippen LogP contribution >= 0.6 is 11.6 Å². The molecule has 1 amide bonds. The second kappa shape index (κ2) is 7.20. The van der Waals surface area contributed by atoms with Crippen molar-refractivity contribution in [1.29, 1.82) is 0 Å². The summed E-state index contributed by atoms with van der Waals surface area (Å²) < 4.78 is 53.1. The zero-order valence-electron chi connectivity index (χ0n) is 13.5. The number of rotatable bonds is 3. The number of para-hydroxylation sites is 1. The second-order valence-corrected chi connectivity index (χ2v) is 8.23. The Hall–Kier alpha value is -2.19. The first kappa shape index (κ1) is 18.6. The van der Waals surface area contributed by atoms with Gasteiger partial charge in [-0.25, -0.2) is 17.2 Å². The van der Waals surface area contributed by atoms with Crippen LogP contribution in [-0.2, 0) is 10.0 Å². The number of carbonyl (C=O) groups is 1. The van der Waals surface area contributed by atoms with Gasteiger partial charge in [0.25, 0.3) is 5.91 Å². The minimum Gasteiger partial charge on any atom is -0.317 e. The first-order chi connectivity index (χ1) is 12.3. The quantitative estimate of drug-likeness (QED) is 0.852. The molecule has 1 fully saturated rings. The fraction of sp³-hybridized carbons (Fsp3) is 0.235. The van der Waals surface area contributed by atoms with Crippen molar-refractivity contribution in [2.24, 2.45) is 0 Å². The van der Waals surface area contributed by atoms with E-state index in [-0.39, 0.29) is 28.6 Å². The van der Waals surface area contributed by atoms with Gasteiger partial charge in [-0.05, 0) is 43.2 Å². The molecular formula is C17H15ClF2N2O3S. The lowest BCUT2D eigenvalue weighted by Gasteiger charge is -2.29. The Balaban J connectivity index is 1.93. The minimum atomic E-state index is -3.52. The number of hydrogen-bond donors (Lipinski definition) is 1. The summed E-state index contributed by atoms with van der Waals surface area (Å²) in [5.41, 5.74) is -0.361. The SMILES string of the molecule is O=C(Nc1c(F)cccc1F)c1ccc(Cl)c(N2CCCCS2(=O)=O)c1. The normalized spacial score (nSPS) is 16.3. The zero-order chi connectivity index (χ0) is 18.9. The molecule has 0 saturated carbocycles. The number of nitrogens with zero attached hydrogens (tertiary/aromatic N) is 1. The maximum atomic E-state index is 13.7. The van der Waals surface area contributed by atoms with Gasteiger partial charge in [0, 0.05) is 12.1 Å². The van der Waals surface area contributed by atoms with E-state index in [1.54, 1.807) is 0 Å². The smallest absolute Gasteiger partial charge is 0.255 e. The summed E-state index contributed by atoms with van der Waals surface area (Å²) in [4.78, 5) is 12.4. The fourth-order valence-electron chi connectivity index (χ4n) is 2.71. The predicted octanol–water partition coefficient (Wildman–Crippen LogP) is 3.80. The predicted molar refractivity (Wildman–Crippen MR) is 96.1 cm³/mol. The zero-order valence-corrected chi connectivity index (χ0v) is 15.1. The Kier molecular flexibility index (Phi) is 5.15. The molecule has 26 heavy (non-hydrogen) atoms. The van der Waals surface area contributed by atoms with E-state index in [2.05, 4.69) is 5.32 Å². The molecule has 1 saturated heterocycles. The van der Waals surface area contributed by atoms with Crippen molar-refractivity contribution in [1.82, 2.24) is 0 Å². The molecule has 138 valence electrons. The van der Waals surface area contributed by atoms with Crippen LogP contribution in [-0.4, -0.2) is 26.6 Å². The lowest BCUT2D eigenvalue weighted by Crippen LogP contribution is -2.38. The largest absolute Gasteiger partial charge is 0.317 e. The molecule has 1 aliphatic rings. The molecule has 0 aliphatic carbocycles. The van der Waals surface area contributed by atoms with Gasteiger partial charge in [0.1, 0.15) is 17.3 Å². The number of hydrogen-bond acceptors (Lipinski definition) is 3. The highest BCUT2D eigenvalue weighted by Crippen LogP contribution is 2.32. The number of halogens is 3. The minimum absolute atomic E-state index is 0.000189.